The molecule has 4 rings (SSSR count). The number of nitrogens with zero attached hydrogens (tertiary/aromatic N) is 4. The summed E-state index contributed by atoms with van der Waals surface area (Å²) in [6.45, 7) is 1.27. The lowest BCUT2D eigenvalue weighted by Crippen LogP contribution is -2.05. The van der Waals surface area contributed by atoms with Crippen LogP contribution in [0, 0.1) is 0 Å². The Kier molecular flexibility index (Phi) is 5.99. The summed E-state index contributed by atoms with van der Waals surface area (Å²) in [5, 5.41) is 4.03. The Labute approximate surface area is 179 Å². The minimum atomic E-state index is 0.558. The number of hydrogen-bond donors (Lipinski definition) is 1. The van der Waals surface area contributed by atoms with Crippen LogP contribution in [0.3, 0.4) is 0 Å². The number of imidazole rings is 1. The Hall–Kier alpha value is -3.32. The highest BCUT2D eigenvalue weighted by Gasteiger charge is 2.11. The Morgan fingerprint density at radius 2 is 1.77 bits per heavy atom. The van der Waals surface area contributed by atoms with Crippen LogP contribution in [0.2, 0.25) is 5.02 Å². The molecule has 154 valence electrons. The maximum atomic E-state index is 6.25. The minimum Gasteiger partial charge on any atom is -0.497 e. The fourth-order valence-electron chi connectivity index (χ4n) is 3.25. The van der Waals surface area contributed by atoms with Crippen molar-refractivity contribution < 1.29 is 9.47 Å². The molecule has 0 aliphatic rings. The number of methoxy groups -OCH3 is 2. The lowest BCUT2D eigenvalue weighted by molar-refractivity contribution is 0.393. The monoisotopic (exact) mass is 423 g/mol. The highest BCUT2D eigenvalue weighted by molar-refractivity contribution is 6.31. The third kappa shape index (κ3) is 4.31. The highest BCUT2D eigenvalue weighted by Crippen LogP contribution is 2.24. The van der Waals surface area contributed by atoms with Crippen molar-refractivity contribution in [2.75, 3.05) is 19.5 Å². The number of nitrogens with one attached hydrogen (secondary N) is 1. The lowest BCUT2D eigenvalue weighted by atomic mass is 10.1. The summed E-state index contributed by atoms with van der Waals surface area (Å²) in [4.78, 5) is 13.3. The average Bonchev–Trinajstić information content (AvgIpc) is 3.20. The first kappa shape index (κ1) is 20.0. The van der Waals surface area contributed by atoms with E-state index in [0.29, 0.717) is 18.9 Å². The van der Waals surface area contributed by atoms with E-state index in [0.717, 1.165) is 45.2 Å². The van der Waals surface area contributed by atoms with E-state index in [9.17, 15) is 0 Å². The molecule has 0 unspecified atom stereocenters. The van der Waals surface area contributed by atoms with Crippen molar-refractivity contribution in [1.29, 1.82) is 0 Å². The molecule has 2 aromatic carbocycles. The fraction of sp³-hybridized carbons (Fsp3) is 0.227. The van der Waals surface area contributed by atoms with E-state index < -0.39 is 0 Å². The molecule has 4 aromatic rings. The van der Waals surface area contributed by atoms with Gasteiger partial charge in [0.05, 0.1) is 20.5 Å². The largest absolute Gasteiger partial charge is 0.497 e. The van der Waals surface area contributed by atoms with E-state index >= 15 is 0 Å². The van der Waals surface area contributed by atoms with Crippen LogP contribution < -0.4 is 14.8 Å². The molecule has 0 radical (unpaired) electrons. The quantitative estimate of drug-likeness (QED) is 0.454. The number of rotatable bonds is 8. The molecular formula is C22H22ClN5O2. The summed E-state index contributed by atoms with van der Waals surface area (Å²) in [5.41, 5.74) is 3.62. The molecule has 0 saturated heterocycles. The van der Waals surface area contributed by atoms with Crippen LogP contribution in [0.15, 0.2) is 55.1 Å². The lowest BCUT2D eigenvalue weighted by Gasteiger charge is -2.10. The molecule has 2 aromatic heterocycles. The van der Waals surface area contributed by atoms with Gasteiger partial charge in [-0.25, -0.2) is 15.0 Å². The molecule has 0 saturated carbocycles. The molecule has 0 aliphatic carbocycles. The molecule has 7 nitrogen and oxygen atoms in total. The average molecular weight is 424 g/mol. The van der Waals surface area contributed by atoms with Gasteiger partial charge in [0, 0.05) is 24.2 Å². The zero-order valence-corrected chi connectivity index (χ0v) is 17.6. The fourth-order valence-corrected chi connectivity index (χ4v) is 3.46. The second-order valence-electron chi connectivity index (χ2n) is 6.75. The van der Waals surface area contributed by atoms with E-state index in [1.165, 1.54) is 0 Å². The van der Waals surface area contributed by atoms with Gasteiger partial charge in [0.1, 0.15) is 23.3 Å². The van der Waals surface area contributed by atoms with Gasteiger partial charge in [-0.15, -0.1) is 0 Å². The maximum absolute atomic E-state index is 6.25. The van der Waals surface area contributed by atoms with Crippen molar-refractivity contribution in [2.24, 2.45) is 0 Å². The van der Waals surface area contributed by atoms with Gasteiger partial charge in [-0.1, -0.05) is 29.8 Å². The van der Waals surface area contributed by atoms with Gasteiger partial charge in [-0.05, 0) is 35.7 Å². The molecule has 0 bridgehead atoms. The van der Waals surface area contributed by atoms with Gasteiger partial charge < -0.3 is 19.4 Å². The van der Waals surface area contributed by atoms with E-state index in [1.54, 1.807) is 26.9 Å². The van der Waals surface area contributed by atoms with E-state index in [-0.39, 0.29) is 0 Å². The van der Waals surface area contributed by atoms with Crippen molar-refractivity contribution in [2.45, 2.75) is 19.5 Å². The summed E-state index contributed by atoms with van der Waals surface area (Å²) in [7, 11) is 3.30. The Morgan fingerprint density at radius 3 is 2.50 bits per heavy atom. The van der Waals surface area contributed by atoms with Gasteiger partial charge in [0.15, 0.2) is 11.5 Å². The Bertz CT molecular complexity index is 1140. The number of fused-ring (bicyclic) bond motifs is 1. The summed E-state index contributed by atoms with van der Waals surface area (Å²) < 4.78 is 12.7. The first-order chi connectivity index (χ1) is 14.7. The SMILES string of the molecule is COc1cc(CCn2cnc3c(NCc4ccccc4Cl)ncnc32)cc(OC)c1. The molecule has 1 N–H and O–H groups in total. The number of ether oxygens (including phenoxy) is 2. The summed E-state index contributed by atoms with van der Waals surface area (Å²) in [6, 6.07) is 13.6. The Balaban J connectivity index is 1.51. The van der Waals surface area contributed by atoms with E-state index in [4.69, 9.17) is 21.1 Å². The first-order valence-corrected chi connectivity index (χ1v) is 9.91. The second-order valence-corrected chi connectivity index (χ2v) is 7.16. The smallest absolute Gasteiger partial charge is 0.165 e. The molecule has 0 aliphatic heterocycles. The molecular weight excluding hydrogens is 402 g/mol. The van der Waals surface area contributed by atoms with Gasteiger partial charge in [-0.2, -0.15) is 0 Å². The van der Waals surface area contributed by atoms with Crippen LogP contribution in [-0.2, 0) is 19.5 Å². The van der Waals surface area contributed by atoms with Gasteiger partial charge >= 0.3 is 0 Å². The zero-order valence-electron chi connectivity index (χ0n) is 16.8. The predicted octanol–water partition coefficient (Wildman–Crippen LogP) is 4.35. The molecule has 2 heterocycles. The summed E-state index contributed by atoms with van der Waals surface area (Å²) >= 11 is 6.25. The minimum absolute atomic E-state index is 0.558. The summed E-state index contributed by atoms with van der Waals surface area (Å²) in [6.07, 6.45) is 4.12. The van der Waals surface area contributed by atoms with Crippen molar-refractivity contribution in [3.05, 3.63) is 71.3 Å². The van der Waals surface area contributed by atoms with E-state index in [2.05, 4.69) is 20.3 Å². The number of hydrogen-bond acceptors (Lipinski definition) is 6. The van der Waals surface area contributed by atoms with Crippen molar-refractivity contribution in [3.8, 4) is 11.5 Å². The van der Waals surface area contributed by atoms with Gasteiger partial charge in [-0.3, -0.25) is 0 Å². The number of aryl methyl sites for hydroxylation is 2. The molecule has 0 atom stereocenters. The van der Waals surface area contributed by atoms with Gasteiger partial charge in [0.2, 0.25) is 0 Å². The number of aromatic nitrogens is 4. The molecule has 30 heavy (non-hydrogen) atoms. The topological polar surface area (TPSA) is 74.1 Å². The van der Waals surface area contributed by atoms with E-state index in [1.807, 2.05) is 47.0 Å². The third-order valence-corrected chi connectivity index (χ3v) is 5.23. The van der Waals surface area contributed by atoms with Crippen LogP contribution in [0.1, 0.15) is 11.1 Å². The molecule has 0 spiro atoms. The second kappa shape index (κ2) is 9.00. The summed E-state index contributed by atoms with van der Waals surface area (Å²) in [5.74, 6) is 2.23. The maximum Gasteiger partial charge on any atom is 0.165 e. The first-order valence-electron chi connectivity index (χ1n) is 9.53. The van der Waals surface area contributed by atoms with Crippen LogP contribution in [0.5, 0.6) is 11.5 Å². The van der Waals surface area contributed by atoms with Crippen LogP contribution in [0.4, 0.5) is 5.82 Å². The zero-order chi connectivity index (χ0) is 20.9. The third-order valence-electron chi connectivity index (χ3n) is 4.86. The number of benzene rings is 2. The van der Waals surface area contributed by atoms with Crippen LogP contribution in [0.25, 0.3) is 11.2 Å². The van der Waals surface area contributed by atoms with Crippen LogP contribution >= 0.6 is 11.6 Å². The highest BCUT2D eigenvalue weighted by atomic mass is 35.5. The van der Waals surface area contributed by atoms with Gasteiger partial charge in [0.25, 0.3) is 0 Å². The number of anilines is 1. The number of halogens is 1. The van der Waals surface area contributed by atoms with Crippen LogP contribution in [-0.4, -0.2) is 33.7 Å². The Morgan fingerprint density at radius 1 is 1.00 bits per heavy atom. The standard InChI is InChI=1S/C22H22ClN5O2/c1-29-17-9-15(10-18(11-17)30-2)7-8-28-14-27-20-21(25-13-26-22(20)28)24-12-16-5-3-4-6-19(16)23/h3-6,9-11,13-14H,7-8,12H2,1-2H3,(H,24,25,26). The molecule has 0 fully saturated rings. The van der Waals surface area contributed by atoms with Crippen molar-refractivity contribution in [3.63, 3.8) is 0 Å². The van der Waals surface area contributed by atoms with Crippen molar-refractivity contribution in [1.82, 2.24) is 19.5 Å². The predicted molar refractivity (Wildman–Crippen MR) is 117 cm³/mol. The molecule has 8 heteroatoms. The molecule has 0 amide bonds. The van der Waals surface area contributed by atoms with Crippen molar-refractivity contribution >= 4 is 28.6 Å². The normalized spacial score (nSPS) is 10.9.